The van der Waals surface area contributed by atoms with Crippen LogP contribution in [0.25, 0.3) is 0 Å². The molecule has 12 heavy (non-hydrogen) atoms. The minimum Gasteiger partial charge on any atom is -0.465 e. The number of amides is 1. The van der Waals surface area contributed by atoms with Crippen LogP contribution in [-0.4, -0.2) is 23.4 Å². The number of rotatable bonds is 3. The molecular weight excluding hydrogens is 162 g/mol. The van der Waals surface area contributed by atoms with Crippen molar-refractivity contribution in [3.05, 3.63) is 0 Å². The predicted molar refractivity (Wildman–Crippen MR) is 44.7 cm³/mol. The Kier molecular flexibility index (Phi) is 9.50. The van der Waals surface area contributed by atoms with E-state index in [9.17, 15) is 0 Å². The number of hydrogen-bond acceptors (Lipinski definition) is 3. The molecule has 0 aliphatic heterocycles. The molecule has 0 radical (unpaired) electrons. The Hall–Kier alpha value is -0.810. The van der Waals surface area contributed by atoms with Gasteiger partial charge in [0.15, 0.2) is 0 Å². The molecule has 1 amide bonds. The summed E-state index contributed by atoms with van der Waals surface area (Å²) >= 11 is 0. The number of nitrogens with two attached hydrogens (primary N) is 1. The van der Waals surface area contributed by atoms with E-state index in [0.717, 1.165) is 0 Å². The molecule has 0 aliphatic rings. The molecule has 0 spiro atoms. The van der Waals surface area contributed by atoms with Crippen LogP contribution in [0.3, 0.4) is 0 Å². The van der Waals surface area contributed by atoms with Crippen molar-refractivity contribution < 1.29 is 19.7 Å². The van der Waals surface area contributed by atoms with Gasteiger partial charge in [0.25, 0.3) is 0 Å². The predicted octanol–water partition coefficient (Wildman–Crippen LogP) is 1.37. The lowest BCUT2D eigenvalue weighted by atomic mass is 10.5. The van der Waals surface area contributed by atoms with Gasteiger partial charge >= 0.3 is 6.09 Å². The monoisotopic (exact) mass is 179 g/mol. The summed E-state index contributed by atoms with van der Waals surface area (Å²) in [6.07, 6.45) is -1.00. The smallest absolute Gasteiger partial charge is 0.402 e. The van der Waals surface area contributed by atoms with E-state index in [1.165, 1.54) is 0 Å². The molecule has 0 heterocycles. The highest BCUT2D eigenvalue weighted by molar-refractivity contribution is 5.61. The molecule has 5 nitrogen and oxygen atoms in total. The van der Waals surface area contributed by atoms with E-state index in [0.29, 0.717) is 0 Å². The van der Waals surface area contributed by atoms with E-state index in [1.54, 1.807) is 0 Å². The van der Waals surface area contributed by atoms with Gasteiger partial charge in [-0.2, -0.15) is 0 Å². The van der Waals surface area contributed by atoms with Gasteiger partial charge < -0.3 is 10.8 Å². The average Bonchev–Trinajstić information content (AvgIpc) is 1.82. The summed E-state index contributed by atoms with van der Waals surface area (Å²) in [7, 11) is 0. The quantitative estimate of drug-likeness (QED) is 0.506. The highest BCUT2D eigenvalue weighted by Crippen LogP contribution is 1.93. The zero-order valence-electron chi connectivity index (χ0n) is 7.90. The first-order valence-corrected chi connectivity index (χ1v) is 3.66. The van der Waals surface area contributed by atoms with Crippen molar-refractivity contribution in [1.82, 2.24) is 0 Å². The maximum atomic E-state index is 8.78. The van der Waals surface area contributed by atoms with E-state index in [-0.39, 0.29) is 12.2 Å². The molecule has 0 aromatic heterocycles. The lowest BCUT2D eigenvalue weighted by molar-refractivity contribution is -0.337. The van der Waals surface area contributed by atoms with Gasteiger partial charge in [-0.15, -0.1) is 0 Å². The Bertz CT molecular complexity index is 102. The molecule has 0 saturated heterocycles. The zero-order valence-corrected chi connectivity index (χ0v) is 7.90. The minimum absolute atomic E-state index is 0.164. The maximum Gasteiger partial charge on any atom is 0.402 e. The molecule has 0 rings (SSSR count). The molecule has 5 heteroatoms. The van der Waals surface area contributed by atoms with Crippen LogP contribution in [0, 0.1) is 0 Å². The first-order valence-electron chi connectivity index (χ1n) is 3.66. The third-order valence-corrected chi connectivity index (χ3v) is 0.440. The van der Waals surface area contributed by atoms with Gasteiger partial charge in [-0.25, -0.2) is 14.6 Å². The Balaban J connectivity index is 0. The van der Waals surface area contributed by atoms with E-state index < -0.39 is 6.09 Å². The van der Waals surface area contributed by atoms with Crippen LogP contribution in [0.1, 0.15) is 27.7 Å². The highest BCUT2D eigenvalue weighted by Gasteiger charge is 1.95. The lowest BCUT2D eigenvalue weighted by Crippen LogP contribution is -2.08. The van der Waals surface area contributed by atoms with Crippen LogP contribution in [0.5, 0.6) is 0 Å². The number of carboxylic acid groups (broad SMARTS) is 1. The largest absolute Gasteiger partial charge is 0.465 e. The van der Waals surface area contributed by atoms with Crippen molar-refractivity contribution in [2.45, 2.75) is 39.9 Å². The van der Waals surface area contributed by atoms with Gasteiger partial charge in [-0.3, -0.25) is 0 Å². The third kappa shape index (κ3) is 35.1. The van der Waals surface area contributed by atoms with Gasteiger partial charge in [0.05, 0.1) is 12.2 Å². The van der Waals surface area contributed by atoms with Gasteiger partial charge in [0, 0.05) is 0 Å². The van der Waals surface area contributed by atoms with E-state index in [1.807, 2.05) is 27.7 Å². The van der Waals surface area contributed by atoms with Crippen LogP contribution in [0.15, 0.2) is 0 Å². The molecule has 0 atom stereocenters. The fraction of sp³-hybridized carbons (Fsp3) is 0.857. The zero-order chi connectivity index (χ0) is 10.1. The van der Waals surface area contributed by atoms with E-state index >= 15 is 0 Å². The second kappa shape index (κ2) is 8.29. The van der Waals surface area contributed by atoms with E-state index in [2.05, 4.69) is 5.73 Å². The standard InChI is InChI=1S/C6H14O2.CH3NO2/c1-5(2)7-8-6(3)4;2-1(3)4/h5-6H,1-4H3;2H2,(H,3,4). The minimum atomic E-state index is -1.33. The van der Waals surface area contributed by atoms with E-state index in [4.69, 9.17) is 19.7 Å². The number of hydrogen-bond donors (Lipinski definition) is 2. The topological polar surface area (TPSA) is 81.8 Å². The summed E-state index contributed by atoms with van der Waals surface area (Å²) in [5.41, 5.74) is 4.03. The average molecular weight is 179 g/mol. The summed E-state index contributed by atoms with van der Waals surface area (Å²) in [5, 5.41) is 7.19. The van der Waals surface area contributed by atoms with Crippen LogP contribution < -0.4 is 5.73 Å². The second-order valence-electron chi connectivity index (χ2n) is 2.63. The fourth-order valence-corrected chi connectivity index (χ4v) is 0.222. The lowest BCUT2D eigenvalue weighted by Gasteiger charge is -2.08. The van der Waals surface area contributed by atoms with Crippen molar-refractivity contribution in [3.63, 3.8) is 0 Å². The number of primary amides is 1. The molecule has 0 fully saturated rings. The molecule has 0 aromatic carbocycles. The normalized spacial score (nSPS) is 9.50. The van der Waals surface area contributed by atoms with Gasteiger partial charge in [-0.05, 0) is 27.7 Å². The fourth-order valence-electron chi connectivity index (χ4n) is 0.222. The van der Waals surface area contributed by atoms with Crippen LogP contribution in [0.4, 0.5) is 4.79 Å². The maximum absolute atomic E-state index is 8.78. The third-order valence-electron chi connectivity index (χ3n) is 0.440. The van der Waals surface area contributed by atoms with Crippen molar-refractivity contribution in [2.24, 2.45) is 5.73 Å². The summed E-state index contributed by atoms with van der Waals surface area (Å²) in [6.45, 7) is 7.73. The van der Waals surface area contributed by atoms with Crippen molar-refractivity contribution in [3.8, 4) is 0 Å². The molecule has 3 N–H and O–H groups in total. The first kappa shape index (κ1) is 13.8. The van der Waals surface area contributed by atoms with Crippen LogP contribution >= 0.6 is 0 Å². The van der Waals surface area contributed by atoms with Crippen molar-refractivity contribution in [1.29, 1.82) is 0 Å². The second-order valence-corrected chi connectivity index (χ2v) is 2.63. The Morgan fingerprint density at radius 3 is 1.42 bits per heavy atom. The van der Waals surface area contributed by atoms with Crippen molar-refractivity contribution >= 4 is 6.09 Å². The molecule has 74 valence electrons. The van der Waals surface area contributed by atoms with Gasteiger partial charge in [-0.1, -0.05) is 0 Å². The molecule has 0 aromatic rings. The summed E-state index contributed by atoms with van der Waals surface area (Å²) in [6, 6.07) is 0. The summed E-state index contributed by atoms with van der Waals surface area (Å²) < 4.78 is 0. The summed E-state index contributed by atoms with van der Waals surface area (Å²) in [5.74, 6) is 0. The van der Waals surface area contributed by atoms with Crippen molar-refractivity contribution in [2.75, 3.05) is 0 Å². The number of carbonyl (C=O) groups is 1. The Morgan fingerprint density at radius 2 is 1.33 bits per heavy atom. The Morgan fingerprint density at radius 1 is 1.17 bits per heavy atom. The molecule has 0 aliphatic carbocycles. The van der Waals surface area contributed by atoms with Gasteiger partial charge in [0.1, 0.15) is 0 Å². The van der Waals surface area contributed by atoms with Gasteiger partial charge in [0.2, 0.25) is 0 Å². The SMILES string of the molecule is CC(C)OOC(C)C.NC(=O)O. The molecular formula is C7H17NO4. The molecule has 0 saturated carbocycles. The van der Waals surface area contributed by atoms with Crippen LogP contribution in [-0.2, 0) is 9.78 Å². The highest BCUT2D eigenvalue weighted by atomic mass is 17.2. The summed E-state index contributed by atoms with van der Waals surface area (Å²) in [4.78, 5) is 18.4. The first-order chi connectivity index (χ1) is 5.36. The molecule has 0 unspecified atom stereocenters. The van der Waals surface area contributed by atoms with Crippen LogP contribution in [0.2, 0.25) is 0 Å². The molecule has 0 bridgehead atoms. The Labute approximate surface area is 72.4 Å².